The zero-order chi connectivity index (χ0) is 19.8. The Balaban J connectivity index is 1.86. The molecule has 1 heterocycles. The van der Waals surface area contributed by atoms with E-state index in [4.69, 9.17) is 5.73 Å². The molecule has 1 aliphatic carbocycles. The molecule has 1 saturated heterocycles. The summed E-state index contributed by atoms with van der Waals surface area (Å²) in [5.74, 6) is -0.272. The van der Waals surface area contributed by atoms with Gasteiger partial charge in [0.1, 0.15) is 0 Å². The van der Waals surface area contributed by atoms with Crippen molar-refractivity contribution < 1.29 is 9.59 Å². The van der Waals surface area contributed by atoms with E-state index < -0.39 is 5.91 Å². The number of nitrogens with two attached hydrogens (primary N) is 1. The minimum absolute atomic E-state index is 0.0161. The monoisotopic (exact) mass is 369 g/mol. The number of nitrogens with zero attached hydrogens (tertiary/aromatic N) is 1. The zero-order valence-electron chi connectivity index (χ0n) is 16.8. The first-order valence-electron chi connectivity index (χ1n) is 9.86. The fourth-order valence-electron chi connectivity index (χ4n) is 4.26. The van der Waals surface area contributed by atoms with Crippen molar-refractivity contribution in [2.24, 2.45) is 23.0 Å². The van der Waals surface area contributed by atoms with Crippen LogP contribution in [0.5, 0.6) is 0 Å². The van der Waals surface area contributed by atoms with Gasteiger partial charge >= 0.3 is 0 Å². The molecule has 1 aliphatic heterocycles. The molecule has 1 aromatic carbocycles. The molecule has 1 aromatic rings. The first-order chi connectivity index (χ1) is 12.7. The Morgan fingerprint density at radius 2 is 1.85 bits per heavy atom. The summed E-state index contributed by atoms with van der Waals surface area (Å²) in [5.41, 5.74) is 8.73. The van der Waals surface area contributed by atoms with Gasteiger partial charge < -0.3 is 16.0 Å². The standard InChI is InChI=1S/C22H31N3O2/c1-14(2)12-16-19(22(16,3)4)21(27)24-17-13-15(20(23)26)8-9-18(17)25-10-6-5-7-11-25/h8-9,12-13,16,19H,5-7,10-11H2,1-4H3,(H2,23,26)(H,24,27)/t16-,19-/m1/s1. The van der Waals surface area contributed by atoms with E-state index in [2.05, 4.69) is 44.0 Å². The first kappa shape index (κ1) is 19.5. The Bertz CT molecular complexity index is 772. The maximum absolute atomic E-state index is 13.0. The van der Waals surface area contributed by atoms with Crippen LogP contribution in [0, 0.1) is 17.3 Å². The lowest BCUT2D eigenvalue weighted by Gasteiger charge is -2.30. The SMILES string of the molecule is CC(C)=C[C@@H]1[C@H](C(=O)Nc2cc(C(N)=O)ccc2N2CCCCC2)C1(C)C. The van der Waals surface area contributed by atoms with Crippen LogP contribution in [0.2, 0.25) is 0 Å². The van der Waals surface area contributed by atoms with Crippen molar-refractivity contribution in [1.29, 1.82) is 0 Å². The van der Waals surface area contributed by atoms with Crippen LogP contribution >= 0.6 is 0 Å². The normalized spacial score (nSPS) is 23.5. The summed E-state index contributed by atoms with van der Waals surface area (Å²) >= 11 is 0. The quantitative estimate of drug-likeness (QED) is 0.772. The van der Waals surface area contributed by atoms with Gasteiger partial charge in [-0.1, -0.05) is 25.5 Å². The molecule has 1 saturated carbocycles. The summed E-state index contributed by atoms with van der Waals surface area (Å²) in [5, 5.41) is 3.11. The highest BCUT2D eigenvalue weighted by molar-refractivity contribution is 6.01. The average molecular weight is 370 g/mol. The Hall–Kier alpha value is -2.30. The number of carbonyl (C=O) groups is 2. The average Bonchev–Trinajstić information content (AvgIpc) is 3.15. The fourth-order valence-corrected chi connectivity index (χ4v) is 4.26. The summed E-state index contributed by atoms with van der Waals surface area (Å²) in [7, 11) is 0. The minimum Gasteiger partial charge on any atom is -0.370 e. The number of benzene rings is 1. The van der Waals surface area contributed by atoms with Gasteiger partial charge in [-0.15, -0.1) is 0 Å². The van der Waals surface area contributed by atoms with Crippen LogP contribution in [-0.4, -0.2) is 24.9 Å². The number of rotatable bonds is 5. The Kier molecular flexibility index (Phi) is 5.31. The largest absolute Gasteiger partial charge is 0.370 e. The summed E-state index contributed by atoms with van der Waals surface area (Å²) in [4.78, 5) is 26.9. The molecule has 5 nitrogen and oxygen atoms in total. The molecule has 0 aromatic heterocycles. The van der Waals surface area contributed by atoms with Crippen LogP contribution in [0.25, 0.3) is 0 Å². The second-order valence-corrected chi connectivity index (χ2v) is 8.70. The molecule has 146 valence electrons. The molecule has 2 atom stereocenters. The Labute approximate surface area is 162 Å². The lowest BCUT2D eigenvalue weighted by atomic mass is 10.1. The molecule has 3 rings (SSSR count). The number of piperidine rings is 1. The number of hydrogen-bond acceptors (Lipinski definition) is 3. The smallest absolute Gasteiger partial charge is 0.248 e. The van der Waals surface area contributed by atoms with Crippen molar-refractivity contribution in [1.82, 2.24) is 0 Å². The number of anilines is 2. The molecular formula is C22H31N3O2. The van der Waals surface area contributed by atoms with Crippen molar-refractivity contribution in [2.45, 2.75) is 47.0 Å². The summed E-state index contributed by atoms with van der Waals surface area (Å²) in [6.07, 6.45) is 5.71. The van der Waals surface area contributed by atoms with Crippen LogP contribution in [0.4, 0.5) is 11.4 Å². The maximum Gasteiger partial charge on any atom is 0.248 e. The van der Waals surface area contributed by atoms with Gasteiger partial charge in [-0.3, -0.25) is 9.59 Å². The summed E-state index contributed by atoms with van der Waals surface area (Å²) in [6.45, 7) is 10.3. The van der Waals surface area contributed by atoms with Crippen LogP contribution in [0.15, 0.2) is 29.8 Å². The van der Waals surface area contributed by atoms with Crippen LogP contribution in [0.1, 0.15) is 57.3 Å². The summed E-state index contributed by atoms with van der Waals surface area (Å²) in [6, 6.07) is 5.37. The molecule has 0 unspecified atom stereocenters. The number of nitrogens with one attached hydrogen (secondary N) is 1. The van der Waals surface area contributed by atoms with Crippen molar-refractivity contribution in [3.05, 3.63) is 35.4 Å². The molecule has 2 aliphatic rings. The van der Waals surface area contributed by atoms with Gasteiger partial charge in [-0.05, 0) is 62.6 Å². The molecule has 2 amide bonds. The van der Waals surface area contributed by atoms with Gasteiger partial charge in [0.25, 0.3) is 0 Å². The number of primary amides is 1. The molecular weight excluding hydrogens is 338 g/mol. The van der Waals surface area contributed by atoms with Gasteiger partial charge in [0, 0.05) is 18.7 Å². The Morgan fingerprint density at radius 1 is 1.19 bits per heavy atom. The molecule has 0 bridgehead atoms. The molecule has 2 fully saturated rings. The molecule has 27 heavy (non-hydrogen) atoms. The highest BCUT2D eigenvalue weighted by Gasteiger charge is 2.60. The van der Waals surface area contributed by atoms with Gasteiger partial charge in [-0.25, -0.2) is 0 Å². The Morgan fingerprint density at radius 3 is 2.44 bits per heavy atom. The van der Waals surface area contributed by atoms with E-state index in [9.17, 15) is 9.59 Å². The van der Waals surface area contributed by atoms with Gasteiger partial charge in [0.2, 0.25) is 11.8 Å². The van der Waals surface area contributed by atoms with Crippen LogP contribution < -0.4 is 16.0 Å². The van der Waals surface area contributed by atoms with E-state index in [1.807, 2.05) is 6.07 Å². The molecule has 0 spiro atoms. The first-order valence-corrected chi connectivity index (χ1v) is 9.86. The van der Waals surface area contributed by atoms with E-state index >= 15 is 0 Å². The van der Waals surface area contributed by atoms with Crippen molar-refractivity contribution in [2.75, 3.05) is 23.3 Å². The van der Waals surface area contributed by atoms with E-state index in [1.165, 1.54) is 12.0 Å². The number of carbonyl (C=O) groups excluding carboxylic acids is 2. The van der Waals surface area contributed by atoms with Crippen molar-refractivity contribution >= 4 is 23.2 Å². The van der Waals surface area contributed by atoms with E-state index in [1.54, 1.807) is 12.1 Å². The number of allylic oxidation sites excluding steroid dienone is 2. The molecule has 3 N–H and O–H groups in total. The number of amides is 2. The topological polar surface area (TPSA) is 75.4 Å². The lowest BCUT2D eigenvalue weighted by Crippen LogP contribution is -2.31. The minimum atomic E-state index is -0.482. The third kappa shape index (κ3) is 4.02. The van der Waals surface area contributed by atoms with Gasteiger partial charge in [0.05, 0.1) is 17.3 Å². The maximum atomic E-state index is 13.0. The molecule has 5 heteroatoms. The van der Waals surface area contributed by atoms with Crippen LogP contribution in [0.3, 0.4) is 0 Å². The third-order valence-electron chi connectivity index (χ3n) is 5.94. The predicted molar refractivity (Wildman–Crippen MR) is 110 cm³/mol. The predicted octanol–water partition coefficient (Wildman–Crippen LogP) is 3.95. The highest BCUT2D eigenvalue weighted by Crippen LogP contribution is 2.59. The summed E-state index contributed by atoms with van der Waals surface area (Å²) < 4.78 is 0. The van der Waals surface area contributed by atoms with Crippen molar-refractivity contribution in [3.8, 4) is 0 Å². The van der Waals surface area contributed by atoms with Gasteiger partial charge in [-0.2, -0.15) is 0 Å². The highest BCUT2D eigenvalue weighted by atomic mass is 16.2. The van der Waals surface area contributed by atoms with Gasteiger partial charge in [0.15, 0.2) is 0 Å². The van der Waals surface area contributed by atoms with E-state index in [0.717, 1.165) is 31.6 Å². The van der Waals surface area contributed by atoms with Crippen LogP contribution in [-0.2, 0) is 4.79 Å². The lowest BCUT2D eigenvalue weighted by molar-refractivity contribution is -0.118. The molecule has 0 radical (unpaired) electrons. The van der Waals surface area contributed by atoms with Crippen molar-refractivity contribution in [3.63, 3.8) is 0 Å². The fraction of sp³-hybridized carbons (Fsp3) is 0.545. The zero-order valence-corrected chi connectivity index (χ0v) is 16.8. The van der Waals surface area contributed by atoms with E-state index in [0.29, 0.717) is 11.3 Å². The second kappa shape index (κ2) is 7.37. The number of hydrogen-bond donors (Lipinski definition) is 2. The second-order valence-electron chi connectivity index (χ2n) is 8.70. The third-order valence-corrected chi connectivity index (χ3v) is 5.94. The van der Waals surface area contributed by atoms with E-state index in [-0.39, 0.29) is 23.2 Å².